The van der Waals surface area contributed by atoms with E-state index in [0.29, 0.717) is 6.07 Å². The highest BCUT2D eigenvalue weighted by atomic mass is 32.2. The van der Waals surface area contributed by atoms with E-state index < -0.39 is 54.8 Å². The number of pyridine rings is 1. The maximum Gasteiger partial charge on any atom is 0.416 e. The number of carbonyl (C=O) groups excluding carboxylic acids is 1. The molecule has 0 bridgehead atoms. The predicted molar refractivity (Wildman–Crippen MR) is 107 cm³/mol. The van der Waals surface area contributed by atoms with E-state index in [1.807, 2.05) is 0 Å². The van der Waals surface area contributed by atoms with Crippen molar-refractivity contribution in [2.75, 3.05) is 11.4 Å². The summed E-state index contributed by atoms with van der Waals surface area (Å²) in [4.78, 5) is 17.1. The van der Waals surface area contributed by atoms with Crippen LogP contribution in [0.4, 0.5) is 32.2 Å². The summed E-state index contributed by atoms with van der Waals surface area (Å²) in [6.45, 7) is 2.58. The van der Waals surface area contributed by atoms with Gasteiger partial charge < -0.3 is 0 Å². The summed E-state index contributed by atoms with van der Waals surface area (Å²) in [5, 5.41) is 0. The van der Waals surface area contributed by atoms with Crippen molar-refractivity contribution in [3.63, 3.8) is 0 Å². The number of hydrogen-bond donors (Lipinski definition) is 0. The Morgan fingerprint density at radius 3 is 2.15 bits per heavy atom. The van der Waals surface area contributed by atoms with Crippen LogP contribution in [0.25, 0.3) is 0 Å². The number of nitrogens with zero attached hydrogens (tertiary/aromatic N) is 2. The molecule has 1 aromatic carbocycles. The molecular formula is C21H20F6N2O3S. The van der Waals surface area contributed by atoms with Crippen LogP contribution >= 0.6 is 0 Å². The molecule has 0 radical (unpaired) electrons. The fourth-order valence-electron chi connectivity index (χ4n) is 3.77. The monoisotopic (exact) mass is 494 g/mol. The van der Waals surface area contributed by atoms with Crippen LogP contribution in [0.2, 0.25) is 0 Å². The van der Waals surface area contributed by atoms with E-state index in [0.717, 1.165) is 41.4 Å². The molecule has 1 atom stereocenters. The lowest BCUT2D eigenvalue weighted by molar-refractivity contribution is -0.138. The Kier molecular flexibility index (Phi) is 6.29. The predicted octanol–water partition coefficient (Wildman–Crippen LogP) is 5.11. The van der Waals surface area contributed by atoms with Crippen molar-refractivity contribution in [3.05, 3.63) is 53.7 Å². The van der Waals surface area contributed by atoms with Gasteiger partial charge in [-0.25, -0.2) is 13.4 Å². The first kappa shape index (κ1) is 25.0. The Morgan fingerprint density at radius 2 is 1.58 bits per heavy atom. The van der Waals surface area contributed by atoms with Crippen LogP contribution in [0.1, 0.15) is 37.8 Å². The Hall–Kier alpha value is -2.63. The van der Waals surface area contributed by atoms with Gasteiger partial charge in [-0.3, -0.25) is 9.69 Å². The van der Waals surface area contributed by atoms with E-state index in [1.54, 1.807) is 0 Å². The average molecular weight is 494 g/mol. The molecule has 1 unspecified atom stereocenters. The molecule has 1 amide bonds. The first-order chi connectivity index (χ1) is 15.0. The number of alkyl halides is 6. The number of rotatable bonds is 4. The summed E-state index contributed by atoms with van der Waals surface area (Å²) in [6, 6.07) is 4.89. The normalized spacial score (nSPS) is 18.5. The third kappa shape index (κ3) is 4.85. The molecule has 2 aromatic rings. The fraction of sp³-hybridized carbons (Fsp3) is 0.429. The van der Waals surface area contributed by atoms with Crippen LogP contribution in [-0.2, 0) is 27.0 Å². The van der Waals surface area contributed by atoms with Crippen molar-refractivity contribution in [2.24, 2.45) is 5.92 Å². The zero-order valence-corrected chi connectivity index (χ0v) is 18.4. The largest absolute Gasteiger partial charge is 0.416 e. The molecule has 0 aliphatic carbocycles. The van der Waals surface area contributed by atoms with E-state index in [2.05, 4.69) is 4.98 Å². The van der Waals surface area contributed by atoms with Gasteiger partial charge in [0.05, 0.1) is 20.8 Å². The number of amides is 1. The maximum atomic E-state index is 13.2. The first-order valence-corrected chi connectivity index (χ1v) is 11.3. The maximum absolute atomic E-state index is 13.2. The molecule has 2 heterocycles. The highest BCUT2D eigenvalue weighted by Crippen LogP contribution is 2.40. The van der Waals surface area contributed by atoms with Crippen molar-refractivity contribution in [2.45, 2.75) is 48.7 Å². The lowest BCUT2D eigenvalue weighted by atomic mass is 9.85. The van der Waals surface area contributed by atoms with E-state index >= 15 is 0 Å². The molecule has 1 aliphatic heterocycles. The van der Waals surface area contributed by atoms with Gasteiger partial charge in [0.1, 0.15) is 5.82 Å². The van der Waals surface area contributed by atoms with Crippen LogP contribution in [0.5, 0.6) is 0 Å². The molecule has 1 fully saturated rings. The molecule has 0 N–H and O–H groups in total. The van der Waals surface area contributed by atoms with Gasteiger partial charge in [-0.1, -0.05) is 6.07 Å². The molecule has 0 spiro atoms. The zero-order chi connectivity index (χ0) is 24.8. The highest BCUT2D eigenvalue weighted by molar-refractivity contribution is 7.92. The van der Waals surface area contributed by atoms with Gasteiger partial charge in [0.15, 0.2) is 9.84 Å². The van der Waals surface area contributed by atoms with Gasteiger partial charge in [0.25, 0.3) is 0 Å². The number of sulfone groups is 1. The van der Waals surface area contributed by atoms with E-state index in [1.165, 1.54) is 13.8 Å². The average Bonchev–Trinajstić information content (AvgIpc) is 2.72. The Bertz CT molecular complexity index is 1160. The van der Waals surface area contributed by atoms with Gasteiger partial charge in [0.2, 0.25) is 5.91 Å². The van der Waals surface area contributed by atoms with Crippen molar-refractivity contribution in [3.8, 4) is 0 Å². The number of anilines is 1. The lowest BCUT2D eigenvalue weighted by Gasteiger charge is -2.39. The molecule has 5 nitrogen and oxygen atoms in total. The SMILES string of the molecule is CC(C)(C1CCN(c2cc(C(F)(F)F)ccn2)C(=O)C1)S(=O)(=O)c1cccc(C(F)(F)F)c1. The number of carbonyl (C=O) groups is 1. The van der Waals surface area contributed by atoms with E-state index in [9.17, 15) is 39.6 Å². The number of piperidine rings is 1. The minimum Gasteiger partial charge on any atom is -0.297 e. The third-order valence-electron chi connectivity index (χ3n) is 5.92. The number of halogens is 6. The minimum absolute atomic E-state index is 0.0840. The number of hydrogen-bond acceptors (Lipinski definition) is 4. The molecule has 12 heteroatoms. The second-order valence-electron chi connectivity index (χ2n) is 8.27. The van der Waals surface area contributed by atoms with Crippen LogP contribution in [0, 0.1) is 5.92 Å². The van der Waals surface area contributed by atoms with Gasteiger partial charge in [-0.05, 0) is 56.5 Å². The second kappa shape index (κ2) is 8.30. The summed E-state index contributed by atoms with van der Waals surface area (Å²) in [5.74, 6) is -1.59. The Balaban J connectivity index is 1.85. The minimum atomic E-state index is -4.73. The molecular weight excluding hydrogens is 474 g/mol. The first-order valence-electron chi connectivity index (χ1n) is 9.80. The zero-order valence-electron chi connectivity index (χ0n) is 17.5. The summed E-state index contributed by atoms with van der Waals surface area (Å²) in [6.07, 6.45) is -8.63. The molecule has 1 aromatic heterocycles. The molecule has 180 valence electrons. The van der Waals surface area contributed by atoms with Gasteiger partial charge >= 0.3 is 12.4 Å². The Labute approximate surface area is 186 Å². The summed E-state index contributed by atoms with van der Waals surface area (Å²) in [5.41, 5.74) is -2.09. The van der Waals surface area contributed by atoms with Crippen molar-refractivity contribution < 1.29 is 39.6 Å². The summed E-state index contributed by atoms with van der Waals surface area (Å²) < 4.78 is 103. The molecule has 1 saturated heterocycles. The summed E-state index contributed by atoms with van der Waals surface area (Å²) >= 11 is 0. The van der Waals surface area contributed by atoms with Gasteiger partial charge in [-0.2, -0.15) is 26.3 Å². The number of benzene rings is 1. The van der Waals surface area contributed by atoms with E-state index in [4.69, 9.17) is 0 Å². The molecule has 0 saturated carbocycles. The molecule has 3 rings (SSSR count). The smallest absolute Gasteiger partial charge is 0.297 e. The molecule has 1 aliphatic rings. The fourth-order valence-corrected chi connectivity index (χ4v) is 5.56. The van der Waals surface area contributed by atoms with Gasteiger partial charge in [0, 0.05) is 19.2 Å². The van der Waals surface area contributed by atoms with E-state index in [-0.39, 0.29) is 25.2 Å². The number of aromatic nitrogens is 1. The second-order valence-corrected chi connectivity index (χ2v) is 10.8. The topological polar surface area (TPSA) is 67.3 Å². The van der Waals surface area contributed by atoms with Gasteiger partial charge in [-0.15, -0.1) is 0 Å². The van der Waals surface area contributed by atoms with Crippen LogP contribution in [-0.4, -0.2) is 30.6 Å². The molecule has 33 heavy (non-hydrogen) atoms. The van der Waals surface area contributed by atoms with Crippen molar-refractivity contribution in [1.29, 1.82) is 0 Å². The highest BCUT2D eigenvalue weighted by Gasteiger charge is 2.46. The third-order valence-corrected chi connectivity index (χ3v) is 8.51. The van der Waals surface area contributed by atoms with Crippen LogP contribution < -0.4 is 4.90 Å². The van der Waals surface area contributed by atoms with Crippen molar-refractivity contribution in [1.82, 2.24) is 4.98 Å². The lowest BCUT2D eigenvalue weighted by Crippen LogP contribution is -2.49. The summed E-state index contributed by atoms with van der Waals surface area (Å²) in [7, 11) is -4.29. The van der Waals surface area contributed by atoms with Crippen LogP contribution in [0.15, 0.2) is 47.5 Å². The quantitative estimate of drug-likeness (QED) is 0.554. The van der Waals surface area contributed by atoms with Crippen LogP contribution in [0.3, 0.4) is 0 Å². The standard InChI is InChI=1S/C21H20F6N2O3S/c1-19(2,33(31,32)16-5-3-4-14(10-16)20(22,23)24)13-7-9-29(18(30)12-13)17-11-15(6-8-28-17)21(25,26)27/h3-6,8,10-11,13H,7,9,12H2,1-2H3. The van der Waals surface area contributed by atoms with Crippen molar-refractivity contribution >= 4 is 21.6 Å². The Morgan fingerprint density at radius 1 is 0.970 bits per heavy atom.